The number of fused-ring (bicyclic) bond motifs is 1. The van der Waals surface area contributed by atoms with Crippen LogP contribution in [0, 0.1) is 11.8 Å². The van der Waals surface area contributed by atoms with Crippen molar-refractivity contribution in [3.05, 3.63) is 29.3 Å². The maximum absolute atomic E-state index is 12.3. The number of carbonyl (C=O) groups excluding carboxylic acids is 1. The summed E-state index contributed by atoms with van der Waals surface area (Å²) in [5.41, 5.74) is 6.11. The number of likely N-dealkylation sites (tertiary alicyclic amines) is 1. The molecular formula is C17H23ClN2O2. The second kappa shape index (κ2) is 6.88. The summed E-state index contributed by atoms with van der Waals surface area (Å²) in [6, 6.07) is 7.68. The fourth-order valence-corrected chi connectivity index (χ4v) is 3.83. The van der Waals surface area contributed by atoms with Gasteiger partial charge in [-0.1, -0.05) is 23.7 Å². The first-order valence-electron chi connectivity index (χ1n) is 8.06. The van der Waals surface area contributed by atoms with Crippen LogP contribution in [-0.2, 0) is 4.79 Å². The largest absolute Gasteiger partial charge is 0.492 e. The van der Waals surface area contributed by atoms with Crippen molar-refractivity contribution in [2.24, 2.45) is 17.6 Å². The Hall–Kier alpha value is -1.26. The number of benzene rings is 1. The SMILES string of the molecule is NC1CCC2CN(C(=O)CCCOc3ccccc3Cl)CC12. The fourth-order valence-electron chi connectivity index (χ4n) is 3.64. The number of carbonyl (C=O) groups is 1. The van der Waals surface area contributed by atoms with Gasteiger partial charge in [0.25, 0.3) is 0 Å². The van der Waals surface area contributed by atoms with Gasteiger partial charge in [0.05, 0.1) is 11.6 Å². The molecule has 1 aromatic carbocycles. The van der Waals surface area contributed by atoms with Crippen LogP contribution in [0.15, 0.2) is 24.3 Å². The summed E-state index contributed by atoms with van der Waals surface area (Å²) >= 11 is 6.03. The van der Waals surface area contributed by atoms with Crippen LogP contribution in [0.4, 0.5) is 0 Å². The van der Waals surface area contributed by atoms with Gasteiger partial charge in [-0.25, -0.2) is 0 Å². The van der Waals surface area contributed by atoms with Crippen LogP contribution in [0.2, 0.25) is 5.02 Å². The van der Waals surface area contributed by atoms with Gasteiger partial charge in [-0.3, -0.25) is 4.79 Å². The first kappa shape index (κ1) is 15.6. The van der Waals surface area contributed by atoms with Crippen LogP contribution in [0.5, 0.6) is 5.75 Å². The molecule has 1 aliphatic heterocycles. The van der Waals surface area contributed by atoms with E-state index in [1.807, 2.05) is 23.1 Å². The highest BCUT2D eigenvalue weighted by Gasteiger charge is 2.42. The van der Waals surface area contributed by atoms with E-state index in [2.05, 4.69) is 0 Å². The van der Waals surface area contributed by atoms with Gasteiger partial charge in [-0.2, -0.15) is 0 Å². The average molecular weight is 323 g/mol. The normalized spacial score (nSPS) is 27.0. The molecule has 2 fully saturated rings. The lowest BCUT2D eigenvalue weighted by atomic mass is 9.98. The second-order valence-corrected chi connectivity index (χ2v) is 6.75. The van der Waals surface area contributed by atoms with Crippen LogP contribution in [0.3, 0.4) is 0 Å². The monoisotopic (exact) mass is 322 g/mol. The van der Waals surface area contributed by atoms with Gasteiger partial charge in [0.15, 0.2) is 0 Å². The third-order valence-corrected chi connectivity index (χ3v) is 5.21. The molecule has 1 aromatic rings. The van der Waals surface area contributed by atoms with Gasteiger partial charge in [0, 0.05) is 25.6 Å². The molecule has 4 nitrogen and oxygen atoms in total. The lowest BCUT2D eigenvalue weighted by Crippen LogP contribution is -2.33. The van der Waals surface area contributed by atoms with E-state index in [9.17, 15) is 4.79 Å². The Morgan fingerprint density at radius 3 is 2.91 bits per heavy atom. The maximum atomic E-state index is 12.3. The number of para-hydroxylation sites is 1. The zero-order chi connectivity index (χ0) is 15.5. The molecule has 0 aromatic heterocycles. The van der Waals surface area contributed by atoms with Gasteiger partial charge in [-0.05, 0) is 43.2 Å². The van der Waals surface area contributed by atoms with Gasteiger partial charge in [0.2, 0.25) is 5.91 Å². The Bertz CT molecular complexity index is 537. The Morgan fingerprint density at radius 1 is 1.32 bits per heavy atom. The summed E-state index contributed by atoms with van der Waals surface area (Å²) in [5.74, 6) is 2.05. The summed E-state index contributed by atoms with van der Waals surface area (Å²) < 4.78 is 5.62. The van der Waals surface area contributed by atoms with Crippen molar-refractivity contribution in [3.8, 4) is 5.75 Å². The number of nitrogens with two attached hydrogens (primary N) is 1. The Morgan fingerprint density at radius 2 is 2.14 bits per heavy atom. The first-order valence-corrected chi connectivity index (χ1v) is 8.43. The van der Waals surface area contributed by atoms with E-state index < -0.39 is 0 Å². The predicted octanol–water partition coefficient (Wildman–Crippen LogP) is 2.69. The van der Waals surface area contributed by atoms with E-state index in [1.165, 1.54) is 6.42 Å². The molecule has 1 amide bonds. The molecule has 3 atom stereocenters. The second-order valence-electron chi connectivity index (χ2n) is 6.35. The summed E-state index contributed by atoms with van der Waals surface area (Å²) in [6.07, 6.45) is 3.52. The van der Waals surface area contributed by atoms with Gasteiger partial charge < -0.3 is 15.4 Å². The minimum absolute atomic E-state index is 0.226. The molecule has 1 heterocycles. The van der Waals surface area contributed by atoms with Crippen LogP contribution in [0.1, 0.15) is 25.7 Å². The number of halogens is 1. The highest BCUT2D eigenvalue weighted by atomic mass is 35.5. The predicted molar refractivity (Wildman–Crippen MR) is 87.0 cm³/mol. The summed E-state index contributed by atoms with van der Waals surface area (Å²) in [5, 5.41) is 0.607. The van der Waals surface area contributed by atoms with Crippen LogP contribution >= 0.6 is 11.6 Å². The van der Waals surface area contributed by atoms with Crippen molar-refractivity contribution in [3.63, 3.8) is 0 Å². The first-order chi connectivity index (χ1) is 10.6. The molecule has 3 unspecified atom stereocenters. The number of hydrogen-bond acceptors (Lipinski definition) is 3. The third kappa shape index (κ3) is 3.39. The summed E-state index contributed by atoms with van der Waals surface area (Å²) in [6.45, 7) is 2.24. The van der Waals surface area contributed by atoms with Crippen molar-refractivity contribution in [2.45, 2.75) is 31.7 Å². The van der Waals surface area contributed by atoms with Crippen molar-refractivity contribution in [1.29, 1.82) is 0 Å². The minimum atomic E-state index is 0.226. The standard InChI is InChI=1S/C17H23ClN2O2/c18-14-4-1-2-5-16(14)22-9-3-6-17(21)20-10-12-7-8-15(19)13(12)11-20/h1-2,4-5,12-13,15H,3,6-11,19H2. The van der Waals surface area contributed by atoms with E-state index in [0.29, 0.717) is 42.1 Å². The lowest BCUT2D eigenvalue weighted by Gasteiger charge is -2.18. The Kier molecular flexibility index (Phi) is 4.89. The van der Waals surface area contributed by atoms with Crippen LogP contribution in [-0.4, -0.2) is 36.5 Å². The van der Waals surface area contributed by atoms with E-state index in [-0.39, 0.29) is 11.9 Å². The highest BCUT2D eigenvalue weighted by molar-refractivity contribution is 6.32. The zero-order valence-electron chi connectivity index (χ0n) is 12.7. The molecule has 1 aliphatic carbocycles. The number of rotatable bonds is 5. The van der Waals surface area contributed by atoms with E-state index in [4.69, 9.17) is 22.1 Å². The van der Waals surface area contributed by atoms with Crippen molar-refractivity contribution in [1.82, 2.24) is 4.90 Å². The van der Waals surface area contributed by atoms with Gasteiger partial charge in [0.1, 0.15) is 5.75 Å². The van der Waals surface area contributed by atoms with Crippen molar-refractivity contribution in [2.75, 3.05) is 19.7 Å². The molecule has 120 valence electrons. The molecule has 22 heavy (non-hydrogen) atoms. The Balaban J connectivity index is 1.39. The minimum Gasteiger partial charge on any atom is -0.492 e. The topological polar surface area (TPSA) is 55.6 Å². The highest BCUT2D eigenvalue weighted by Crippen LogP contribution is 2.37. The molecule has 1 saturated carbocycles. The third-order valence-electron chi connectivity index (χ3n) is 4.89. The van der Waals surface area contributed by atoms with E-state index >= 15 is 0 Å². The number of hydrogen-bond donors (Lipinski definition) is 1. The van der Waals surface area contributed by atoms with E-state index in [1.54, 1.807) is 6.07 Å². The van der Waals surface area contributed by atoms with Crippen LogP contribution < -0.4 is 10.5 Å². The van der Waals surface area contributed by atoms with Crippen LogP contribution in [0.25, 0.3) is 0 Å². The quantitative estimate of drug-likeness (QED) is 0.848. The van der Waals surface area contributed by atoms with Crippen molar-refractivity contribution >= 4 is 17.5 Å². The van der Waals surface area contributed by atoms with Gasteiger partial charge >= 0.3 is 0 Å². The lowest BCUT2D eigenvalue weighted by molar-refractivity contribution is -0.130. The molecular weight excluding hydrogens is 300 g/mol. The van der Waals surface area contributed by atoms with Crippen molar-refractivity contribution < 1.29 is 9.53 Å². The van der Waals surface area contributed by atoms with Gasteiger partial charge in [-0.15, -0.1) is 0 Å². The summed E-state index contributed by atoms with van der Waals surface area (Å²) in [7, 11) is 0. The number of nitrogens with zero attached hydrogens (tertiary/aromatic N) is 1. The number of amides is 1. The molecule has 0 radical (unpaired) electrons. The molecule has 2 N–H and O–H groups in total. The number of ether oxygens (including phenoxy) is 1. The zero-order valence-corrected chi connectivity index (χ0v) is 13.5. The Labute approximate surface area is 136 Å². The fraction of sp³-hybridized carbons (Fsp3) is 0.588. The molecule has 2 aliphatic rings. The molecule has 1 saturated heterocycles. The molecule has 5 heteroatoms. The molecule has 3 rings (SSSR count). The molecule has 0 spiro atoms. The van der Waals surface area contributed by atoms with E-state index in [0.717, 1.165) is 19.5 Å². The summed E-state index contributed by atoms with van der Waals surface area (Å²) in [4.78, 5) is 14.3. The molecule has 0 bridgehead atoms. The maximum Gasteiger partial charge on any atom is 0.222 e. The average Bonchev–Trinajstić information content (AvgIpc) is 3.08. The smallest absolute Gasteiger partial charge is 0.222 e.